The fraction of sp³-hybridized carbons (Fsp3) is 0.0417. The van der Waals surface area contributed by atoms with Crippen molar-refractivity contribution < 1.29 is 13.6 Å². The molecule has 0 aromatic heterocycles. The molecule has 1 aliphatic rings. The summed E-state index contributed by atoms with van der Waals surface area (Å²) in [7, 11) is 0. The average molecular weight is 358 g/mol. The highest BCUT2D eigenvalue weighted by atomic mass is 19.1. The van der Waals surface area contributed by atoms with Crippen LogP contribution in [0.2, 0.25) is 0 Å². The van der Waals surface area contributed by atoms with Crippen LogP contribution in [0.4, 0.5) is 8.78 Å². The Hall–Kier alpha value is -3.33. The minimum absolute atomic E-state index is 0.329. The van der Waals surface area contributed by atoms with E-state index in [0.29, 0.717) is 27.8 Å². The second-order valence-corrected chi connectivity index (χ2v) is 6.40. The molecule has 0 aliphatic heterocycles. The van der Waals surface area contributed by atoms with E-state index in [4.69, 9.17) is 0 Å². The van der Waals surface area contributed by atoms with Crippen LogP contribution in [0, 0.1) is 5.82 Å². The van der Waals surface area contributed by atoms with Gasteiger partial charge < -0.3 is 0 Å². The molecule has 1 unspecified atom stereocenters. The first-order chi connectivity index (χ1) is 13.1. The molecule has 0 radical (unpaired) electrons. The number of hydrogen-bond donors (Lipinski definition) is 0. The second-order valence-electron chi connectivity index (χ2n) is 6.40. The lowest BCUT2D eigenvalue weighted by atomic mass is 9.79. The van der Waals surface area contributed by atoms with Crippen LogP contribution >= 0.6 is 0 Å². The smallest absolute Gasteiger partial charge is 0.177 e. The van der Waals surface area contributed by atoms with Gasteiger partial charge in [0.15, 0.2) is 5.78 Å². The number of halogens is 2. The van der Waals surface area contributed by atoms with Crippen LogP contribution in [-0.4, -0.2) is 5.78 Å². The first kappa shape index (κ1) is 17.1. The van der Waals surface area contributed by atoms with Crippen LogP contribution in [0.25, 0.3) is 11.1 Å². The van der Waals surface area contributed by atoms with E-state index in [0.717, 1.165) is 0 Å². The fourth-order valence-corrected chi connectivity index (χ4v) is 3.35. The number of benzene rings is 3. The summed E-state index contributed by atoms with van der Waals surface area (Å²) >= 11 is 0. The van der Waals surface area contributed by atoms with Gasteiger partial charge in [0.1, 0.15) is 11.6 Å². The largest absolute Gasteiger partial charge is 0.293 e. The molecule has 0 spiro atoms. The predicted molar refractivity (Wildman–Crippen MR) is 103 cm³/mol. The van der Waals surface area contributed by atoms with Gasteiger partial charge in [0.25, 0.3) is 0 Å². The van der Waals surface area contributed by atoms with Crippen LogP contribution in [0.5, 0.6) is 0 Å². The van der Waals surface area contributed by atoms with Gasteiger partial charge in [0, 0.05) is 11.1 Å². The molecule has 0 saturated carbocycles. The molecule has 4 rings (SSSR count). The van der Waals surface area contributed by atoms with Crippen molar-refractivity contribution in [2.75, 3.05) is 0 Å². The molecule has 0 bridgehead atoms. The van der Waals surface area contributed by atoms with E-state index >= 15 is 4.39 Å². The Morgan fingerprint density at radius 1 is 0.667 bits per heavy atom. The van der Waals surface area contributed by atoms with Crippen molar-refractivity contribution >= 4 is 16.9 Å². The van der Waals surface area contributed by atoms with Gasteiger partial charge in [-0.1, -0.05) is 72.8 Å². The molecule has 27 heavy (non-hydrogen) atoms. The average Bonchev–Trinajstić information content (AvgIpc) is 2.71. The number of ketones is 1. The zero-order chi connectivity index (χ0) is 18.8. The van der Waals surface area contributed by atoms with Crippen molar-refractivity contribution in [2.45, 2.75) is 5.92 Å². The molecule has 3 aromatic rings. The lowest BCUT2D eigenvalue weighted by molar-refractivity contribution is -0.114. The minimum atomic E-state index is -1.01. The van der Waals surface area contributed by atoms with Crippen LogP contribution < -0.4 is 0 Å². The summed E-state index contributed by atoms with van der Waals surface area (Å²) in [6.45, 7) is 0. The van der Waals surface area contributed by atoms with Gasteiger partial charge >= 0.3 is 0 Å². The van der Waals surface area contributed by atoms with Gasteiger partial charge in [-0.3, -0.25) is 4.79 Å². The Labute approximate surface area is 156 Å². The van der Waals surface area contributed by atoms with E-state index in [1.807, 2.05) is 36.4 Å². The number of rotatable bonds is 3. The number of carbonyl (C=O) groups excluding carboxylic acids is 1. The molecule has 0 heterocycles. The fourth-order valence-electron chi connectivity index (χ4n) is 3.35. The Balaban J connectivity index is 1.91. The first-order valence-electron chi connectivity index (χ1n) is 8.67. The lowest BCUT2D eigenvalue weighted by Gasteiger charge is -2.24. The van der Waals surface area contributed by atoms with Crippen molar-refractivity contribution in [2.24, 2.45) is 0 Å². The normalized spacial score (nSPS) is 17.0. The third kappa shape index (κ3) is 3.24. The molecule has 1 atom stereocenters. The number of hydrogen-bond acceptors (Lipinski definition) is 1. The highest BCUT2D eigenvalue weighted by Crippen LogP contribution is 2.42. The molecular weight excluding hydrogens is 342 g/mol. The zero-order valence-electron chi connectivity index (χ0n) is 14.4. The van der Waals surface area contributed by atoms with Crippen molar-refractivity contribution in [3.8, 4) is 0 Å². The summed E-state index contributed by atoms with van der Waals surface area (Å²) in [6.07, 6.45) is 1.57. The van der Waals surface area contributed by atoms with E-state index in [1.54, 1.807) is 42.5 Å². The lowest BCUT2D eigenvalue weighted by Crippen LogP contribution is -2.19. The summed E-state index contributed by atoms with van der Waals surface area (Å²) < 4.78 is 28.8. The van der Waals surface area contributed by atoms with Crippen molar-refractivity contribution in [3.05, 3.63) is 119 Å². The highest BCUT2D eigenvalue weighted by Gasteiger charge is 2.34. The first-order valence-corrected chi connectivity index (χ1v) is 8.67. The van der Waals surface area contributed by atoms with Crippen LogP contribution in [0.1, 0.15) is 22.6 Å². The maximum atomic E-state index is 15.4. The second kappa shape index (κ2) is 7.12. The predicted octanol–water partition coefficient (Wildman–Crippen LogP) is 5.96. The third-order valence-electron chi connectivity index (χ3n) is 4.70. The molecule has 0 fully saturated rings. The van der Waals surface area contributed by atoms with Gasteiger partial charge in [-0.15, -0.1) is 0 Å². The molecule has 132 valence electrons. The van der Waals surface area contributed by atoms with Crippen molar-refractivity contribution in [1.29, 1.82) is 0 Å². The molecule has 0 N–H and O–H groups in total. The summed E-state index contributed by atoms with van der Waals surface area (Å²) in [6, 6.07) is 23.7. The Morgan fingerprint density at radius 3 is 1.89 bits per heavy atom. The SMILES string of the molecule is O=C1C(c2ccc(F)cc2)=CC(c2ccccc2)=C(F)C1c1ccccc1. The van der Waals surface area contributed by atoms with Crippen molar-refractivity contribution in [1.82, 2.24) is 0 Å². The van der Waals surface area contributed by atoms with Crippen LogP contribution in [-0.2, 0) is 4.79 Å². The van der Waals surface area contributed by atoms with Crippen LogP contribution in [0.3, 0.4) is 0 Å². The van der Waals surface area contributed by atoms with Gasteiger partial charge in [0.2, 0.25) is 0 Å². The molecule has 3 aromatic carbocycles. The summed E-state index contributed by atoms with van der Waals surface area (Å²) in [5, 5.41) is 0. The van der Waals surface area contributed by atoms with Gasteiger partial charge in [0.05, 0.1) is 5.92 Å². The minimum Gasteiger partial charge on any atom is -0.293 e. The molecule has 1 nitrogen and oxygen atoms in total. The van der Waals surface area contributed by atoms with E-state index in [2.05, 4.69) is 0 Å². The summed E-state index contributed by atoms with van der Waals surface area (Å²) in [5.74, 6) is -2.19. The molecule has 0 saturated heterocycles. The summed E-state index contributed by atoms with van der Waals surface area (Å²) in [4.78, 5) is 13.2. The van der Waals surface area contributed by atoms with E-state index in [-0.39, 0.29) is 11.6 Å². The zero-order valence-corrected chi connectivity index (χ0v) is 14.4. The van der Waals surface area contributed by atoms with Crippen LogP contribution in [0.15, 0.2) is 96.8 Å². The number of Topliss-reactive ketones (excluding diaryl/α,β-unsaturated/α-hetero) is 1. The van der Waals surface area contributed by atoms with E-state index < -0.39 is 11.7 Å². The highest BCUT2D eigenvalue weighted by molar-refractivity contribution is 6.28. The van der Waals surface area contributed by atoms with E-state index in [9.17, 15) is 9.18 Å². The third-order valence-corrected chi connectivity index (χ3v) is 4.70. The monoisotopic (exact) mass is 358 g/mol. The quantitative estimate of drug-likeness (QED) is 0.565. The van der Waals surface area contributed by atoms with Crippen molar-refractivity contribution in [3.63, 3.8) is 0 Å². The maximum Gasteiger partial charge on any atom is 0.177 e. The molecule has 3 heteroatoms. The molecular formula is C24H16F2O. The standard InChI is InChI=1S/C24H16F2O/c25-19-13-11-17(12-14-19)21-15-20(16-7-3-1-4-8-16)23(26)22(24(21)27)18-9-5-2-6-10-18/h1-15,22H. The van der Waals surface area contributed by atoms with Gasteiger partial charge in [-0.2, -0.15) is 0 Å². The van der Waals surface area contributed by atoms with Gasteiger partial charge in [-0.25, -0.2) is 8.78 Å². The van der Waals surface area contributed by atoms with Gasteiger partial charge in [-0.05, 0) is 34.9 Å². The Morgan fingerprint density at radius 2 is 1.26 bits per heavy atom. The maximum absolute atomic E-state index is 15.4. The topological polar surface area (TPSA) is 17.1 Å². The van der Waals surface area contributed by atoms with E-state index in [1.165, 1.54) is 12.1 Å². The number of carbonyl (C=O) groups is 1. The Kier molecular flexibility index (Phi) is 4.51. The molecule has 1 aliphatic carbocycles. The Bertz CT molecular complexity index is 1030. The summed E-state index contributed by atoms with van der Waals surface area (Å²) in [5.41, 5.74) is 2.62. The number of allylic oxidation sites excluding steroid dienone is 4. The molecule has 0 amide bonds.